The highest BCUT2D eigenvalue weighted by atomic mass is 32.1. The van der Waals surface area contributed by atoms with E-state index >= 15 is 0 Å². The van der Waals surface area contributed by atoms with Gasteiger partial charge >= 0.3 is 5.97 Å². The van der Waals surface area contributed by atoms with Crippen LogP contribution >= 0.6 is 12.6 Å². The molecule has 0 bridgehead atoms. The minimum Gasteiger partial charge on any atom is -0.481 e. The van der Waals surface area contributed by atoms with Crippen LogP contribution < -0.4 is 0 Å². The van der Waals surface area contributed by atoms with E-state index in [2.05, 4.69) is 19.6 Å². The van der Waals surface area contributed by atoms with E-state index in [1.807, 2.05) is 0 Å². The Hall–Kier alpha value is -0.220. The second-order valence-corrected chi connectivity index (χ2v) is 4.68. The van der Waals surface area contributed by atoms with Gasteiger partial charge in [0.15, 0.2) is 0 Å². The van der Waals surface area contributed by atoms with Gasteiger partial charge in [0.1, 0.15) is 0 Å². The molecule has 16 heavy (non-hydrogen) atoms. The lowest BCUT2D eigenvalue weighted by atomic mass is 9.95. The van der Waals surface area contributed by atoms with Crippen LogP contribution in [0.4, 0.5) is 0 Å². The molecule has 2 unspecified atom stereocenters. The van der Waals surface area contributed by atoms with Crippen molar-refractivity contribution in [2.45, 2.75) is 58.0 Å². The maximum atomic E-state index is 10.9. The molecule has 0 saturated heterocycles. The average Bonchev–Trinajstić information content (AvgIpc) is 2.26. The summed E-state index contributed by atoms with van der Waals surface area (Å²) in [5.74, 6) is -0.875. The summed E-state index contributed by atoms with van der Waals surface area (Å²) in [4.78, 5) is 10.9. The van der Waals surface area contributed by atoms with Gasteiger partial charge in [0.05, 0.1) is 12.0 Å². The first-order valence-corrected chi connectivity index (χ1v) is 6.76. The molecule has 0 aromatic rings. The number of hydrogen-bond acceptors (Lipinski definition) is 3. The minimum atomic E-state index is -0.795. The highest BCUT2D eigenvalue weighted by Gasteiger charge is 2.20. The van der Waals surface area contributed by atoms with Gasteiger partial charge in [-0.1, -0.05) is 39.0 Å². The predicted octanol–water partition coefficient (Wildman–Crippen LogP) is 2.73. The number of thiol groups is 1. The molecule has 2 atom stereocenters. The average molecular weight is 248 g/mol. The zero-order chi connectivity index (χ0) is 12.4. The van der Waals surface area contributed by atoms with E-state index < -0.39 is 18.0 Å². The predicted molar refractivity (Wildman–Crippen MR) is 69.0 cm³/mol. The molecule has 0 aromatic heterocycles. The SMILES string of the molecule is CCCCCCCC(CC(O)CS)C(=O)O. The van der Waals surface area contributed by atoms with Crippen molar-refractivity contribution in [1.82, 2.24) is 0 Å². The molecule has 0 rings (SSSR count). The second kappa shape index (κ2) is 9.97. The number of unbranched alkanes of at least 4 members (excludes halogenated alkanes) is 4. The Bertz CT molecular complexity index is 185. The summed E-state index contributed by atoms with van der Waals surface area (Å²) in [7, 11) is 0. The third-order valence-corrected chi connectivity index (χ3v) is 3.19. The summed E-state index contributed by atoms with van der Waals surface area (Å²) in [6.45, 7) is 2.16. The van der Waals surface area contributed by atoms with Crippen molar-refractivity contribution in [3.05, 3.63) is 0 Å². The Kier molecular flexibility index (Phi) is 9.83. The van der Waals surface area contributed by atoms with Crippen molar-refractivity contribution in [3.8, 4) is 0 Å². The highest BCUT2D eigenvalue weighted by Crippen LogP contribution is 2.17. The number of aliphatic hydroxyl groups is 1. The normalized spacial score (nSPS) is 14.7. The topological polar surface area (TPSA) is 57.5 Å². The Morgan fingerprint density at radius 1 is 1.25 bits per heavy atom. The third kappa shape index (κ3) is 7.99. The summed E-state index contributed by atoms with van der Waals surface area (Å²) >= 11 is 3.95. The first kappa shape index (κ1) is 15.8. The van der Waals surface area contributed by atoms with Gasteiger partial charge in [0.2, 0.25) is 0 Å². The molecule has 0 aliphatic heterocycles. The molecular weight excluding hydrogens is 224 g/mol. The van der Waals surface area contributed by atoms with Gasteiger partial charge in [0, 0.05) is 5.75 Å². The standard InChI is InChI=1S/C12H24O3S/c1-2-3-4-5-6-7-10(12(14)15)8-11(13)9-16/h10-11,13,16H,2-9H2,1H3,(H,14,15). The maximum Gasteiger partial charge on any atom is 0.306 e. The third-order valence-electron chi connectivity index (χ3n) is 2.77. The first-order chi connectivity index (χ1) is 7.61. The molecule has 0 fully saturated rings. The van der Waals surface area contributed by atoms with E-state index in [4.69, 9.17) is 5.11 Å². The van der Waals surface area contributed by atoms with Gasteiger partial charge in [0.25, 0.3) is 0 Å². The van der Waals surface area contributed by atoms with Crippen LogP contribution in [-0.4, -0.2) is 28.0 Å². The second-order valence-electron chi connectivity index (χ2n) is 4.31. The fraction of sp³-hybridized carbons (Fsp3) is 0.917. The lowest BCUT2D eigenvalue weighted by Crippen LogP contribution is -2.21. The molecule has 0 amide bonds. The summed E-state index contributed by atoms with van der Waals surface area (Å²) in [5, 5.41) is 18.4. The van der Waals surface area contributed by atoms with Crippen LogP contribution in [0.5, 0.6) is 0 Å². The van der Waals surface area contributed by atoms with E-state index in [0.29, 0.717) is 18.6 Å². The van der Waals surface area contributed by atoms with Gasteiger partial charge in [-0.15, -0.1) is 0 Å². The molecule has 0 saturated carbocycles. The van der Waals surface area contributed by atoms with Crippen LogP contribution in [-0.2, 0) is 4.79 Å². The maximum absolute atomic E-state index is 10.9. The van der Waals surface area contributed by atoms with Crippen molar-refractivity contribution in [2.24, 2.45) is 5.92 Å². The number of carbonyl (C=O) groups is 1. The molecule has 2 N–H and O–H groups in total. The smallest absolute Gasteiger partial charge is 0.306 e. The minimum absolute atomic E-state index is 0.326. The van der Waals surface area contributed by atoms with Crippen LogP contribution in [0.25, 0.3) is 0 Å². The van der Waals surface area contributed by atoms with Crippen LogP contribution in [0.1, 0.15) is 51.9 Å². The highest BCUT2D eigenvalue weighted by molar-refractivity contribution is 7.80. The molecule has 0 radical (unpaired) electrons. The summed E-state index contributed by atoms with van der Waals surface area (Å²) in [6, 6.07) is 0. The fourth-order valence-electron chi connectivity index (χ4n) is 1.74. The largest absolute Gasteiger partial charge is 0.481 e. The molecule has 0 aromatic carbocycles. The van der Waals surface area contributed by atoms with Crippen molar-refractivity contribution in [2.75, 3.05) is 5.75 Å². The lowest BCUT2D eigenvalue weighted by molar-refractivity contribution is -0.143. The van der Waals surface area contributed by atoms with Crippen molar-refractivity contribution < 1.29 is 15.0 Å². The van der Waals surface area contributed by atoms with Crippen molar-refractivity contribution >= 4 is 18.6 Å². The summed E-state index contributed by atoms with van der Waals surface area (Å²) in [6.07, 6.45) is 6.02. The lowest BCUT2D eigenvalue weighted by Gasteiger charge is -2.15. The number of hydrogen-bond donors (Lipinski definition) is 3. The quantitative estimate of drug-likeness (QED) is 0.411. The fourth-order valence-corrected chi connectivity index (χ4v) is 1.89. The Balaban J connectivity index is 3.73. The van der Waals surface area contributed by atoms with Gasteiger partial charge in [-0.2, -0.15) is 12.6 Å². The van der Waals surface area contributed by atoms with Crippen LogP contribution in [0, 0.1) is 5.92 Å². The van der Waals surface area contributed by atoms with E-state index in [1.54, 1.807) is 0 Å². The monoisotopic (exact) mass is 248 g/mol. The molecule has 0 aliphatic rings. The van der Waals surface area contributed by atoms with E-state index in [0.717, 1.165) is 12.8 Å². The first-order valence-electron chi connectivity index (χ1n) is 6.13. The summed E-state index contributed by atoms with van der Waals surface area (Å²) in [5.41, 5.74) is 0. The Morgan fingerprint density at radius 2 is 1.88 bits per heavy atom. The van der Waals surface area contributed by atoms with Crippen molar-refractivity contribution in [1.29, 1.82) is 0 Å². The molecule has 4 heteroatoms. The van der Waals surface area contributed by atoms with Gasteiger partial charge in [-0.3, -0.25) is 4.79 Å². The Labute approximate surface area is 104 Å². The van der Waals surface area contributed by atoms with Crippen LogP contribution in [0.15, 0.2) is 0 Å². The number of carboxylic acid groups (broad SMARTS) is 1. The molecule has 3 nitrogen and oxygen atoms in total. The molecule has 0 aliphatic carbocycles. The number of aliphatic hydroxyl groups excluding tert-OH is 1. The molecule has 0 spiro atoms. The number of aliphatic carboxylic acids is 1. The van der Waals surface area contributed by atoms with Gasteiger partial charge in [-0.25, -0.2) is 0 Å². The zero-order valence-electron chi connectivity index (χ0n) is 10.1. The van der Waals surface area contributed by atoms with Gasteiger partial charge in [-0.05, 0) is 12.8 Å². The number of carboxylic acids is 1. The van der Waals surface area contributed by atoms with E-state index in [-0.39, 0.29) is 0 Å². The van der Waals surface area contributed by atoms with Crippen LogP contribution in [0.3, 0.4) is 0 Å². The Morgan fingerprint density at radius 3 is 2.38 bits per heavy atom. The molecular formula is C12H24O3S. The molecule has 0 heterocycles. The van der Waals surface area contributed by atoms with E-state index in [9.17, 15) is 9.90 Å². The number of rotatable bonds is 10. The van der Waals surface area contributed by atoms with Gasteiger partial charge < -0.3 is 10.2 Å². The zero-order valence-corrected chi connectivity index (χ0v) is 11.0. The molecule has 96 valence electrons. The van der Waals surface area contributed by atoms with Crippen LogP contribution in [0.2, 0.25) is 0 Å². The van der Waals surface area contributed by atoms with E-state index in [1.165, 1.54) is 19.3 Å². The summed E-state index contributed by atoms with van der Waals surface area (Å²) < 4.78 is 0. The van der Waals surface area contributed by atoms with Crippen molar-refractivity contribution in [3.63, 3.8) is 0 Å².